The van der Waals surface area contributed by atoms with Crippen molar-refractivity contribution in [3.05, 3.63) is 91.4 Å². The van der Waals surface area contributed by atoms with Crippen LogP contribution in [0.25, 0.3) is 0 Å². The van der Waals surface area contributed by atoms with E-state index in [1.165, 1.54) is 12.1 Å². The number of carboxylic acid groups (broad SMARTS) is 2. The van der Waals surface area contributed by atoms with Crippen molar-refractivity contribution in [3.63, 3.8) is 0 Å². The number of nitrogens with zero attached hydrogens (tertiary/aromatic N) is 1. The summed E-state index contributed by atoms with van der Waals surface area (Å²) in [5, 5.41) is 29.4. The van der Waals surface area contributed by atoms with Crippen LogP contribution in [0.4, 0.5) is 18.9 Å². The highest BCUT2D eigenvalue weighted by molar-refractivity contribution is 7.90. The molecule has 0 radical (unpaired) electrons. The van der Waals surface area contributed by atoms with Crippen molar-refractivity contribution in [2.75, 3.05) is 19.1 Å². The minimum Gasteiger partial charge on any atom is -0.480 e. The van der Waals surface area contributed by atoms with E-state index in [1.807, 2.05) is 0 Å². The summed E-state index contributed by atoms with van der Waals surface area (Å²) in [6.07, 6.45) is -3.30. The zero-order chi connectivity index (χ0) is 42.1. The van der Waals surface area contributed by atoms with Crippen LogP contribution in [0.2, 0.25) is 10.0 Å². The number of nitrogens with one attached hydrogen (secondary N) is 1. The average molecular weight is 860 g/mol. The Morgan fingerprint density at radius 2 is 1.56 bits per heavy atom. The van der Waals surface area contributed by atoms with E-state index in [9.17, 15) is 60.2 Å². The lowest BCUT2D eigenvalue weighted by Crippen LogP contribution is -2.35. The number of carbonyl (C=O) groups excluding carboxylic acids is 3. The van der Waals surface area contributed by atoms with E-state index in [4.69, 9.17) is 47.9 Å². The number of nitro groups is 1. The summed E-state index contributed by atoms with van der Waals surface area (Å²) in [6.45, 7) is -0.439. The molecule has 298 valence electrons. The van der Waals surface area contributed by atoms with Crippen LogP contribution in [-0.4, -0.2) is 81.7 Å². The van der Waals surface area contributed by atoms with Gasteiger partial charge in [-0.3, -0.25) is 39.2 Å². The van der Waals surface area contributed by atoms with E-state index in [-0.39, 0.29) is 44.8 Å². The minimum atomic E-state index is -4.58. The van der Waals surface area contributed by atoms with E-state index in [0.717, 1.165) is 42.7 Å². The van der Waals surface area contributed by atoms with Crippen LogP contribution < -0.4 is 10.1 Å². The summed E-state index contributed by atoms with van der Waals surface area (Å²) >= 11 is 11.7. The Morgan fingerprint density at radius 3 is 2.02 bits per heavy atom. The molecule has 0 atom stereocenters. The summed E-state index contributed by atoms with van der Waals surface area (Å²) in [7, 11) is -7.54. The van der Waals surface area contributed by atoms with Crippen molar-refractivity contribution in [1.29, 1.82) is 0 Å². The van der Waals surface area contributed by atoms with Crippen LogP contribution in [0.5, 0.6) is 11.5 Å². The standard InChI is InChI=1S/C14H7ClF3NO5.C14H13ClO5S.C3H8NO5P/c15-10-5-7(14(16,17)18)1-4-12(10)24-8-2-3-11(19(22)23)9(6-8)13(20)21;1-21(19,20)8-5-6-9(10(15)7-8)14(18)13-11(16)3-2-4-12(13)17;5-3(6)1-4-2-10(7,8)9/h1-6H,(H,20,21);5-7,13H,2-4H2,1H3;4H,1-2H2,(H,5,6)(H2,7,8,9). The van der Waals surface area contributed by atoms with Gasteiger partial charge in [0.2, 0.25) is 0 Å². The number of aliphatic carboxylic acids is 1. The van der Waals surface area contributed by atoms with Gasteiger partial charge in [-0.05, 0) is 48.9 Å². The molecule has 55 heavy (non-hydrogen) atoms. The van der Waals surface area contributed by atoms with Crippen LogP contribution in [0.3, 0.4) is 0 Å². The first-order valence-corrected chi connectivity index (χ1v) is 19.3. The first kappa shape index (κ1) is 46.4. The van der Waals surface area contributed by atoms with Gasteiger partial charge >= 0.3 is 25.7 Å². The lowest BCUT2D eigenvalue weighted by molar-refractivity contribution is -0.385. The number of carboxylic acids is 2. The van der Waals surface area contributed by atoms with Gasteiger partial charge in [-0.2, -0.15) is 13.2 Å². The van der Waals surface area contributed by atoms with Gasteiger partial charge in [0, 0.05) is 36.8 Å². The molecule has 0 aliphatic heterocycles. The highest BCUT2D eigenvalue weighted by Gasteiger charge is 2.37. The third-order valence-corrected chi connectivity index (χ3v) is 9.22. The molecule has 1 aliphatic carbocycles. The number of hydrogen-bond donors (Lipinski definition) is 5. The highest BCUT2D eigenvalue weighted by atomic mass is 35.5. The largest absolute Gasteiger partial charge is 0.480 e. The number of ether oxygens (including phenoxy) is 1. The predicted molar refractivity (Wildman–Crippen MR) is 185 cm³/mol. The molecule has 0 bridgehead atoms. The number of carbonyl (C=O) groups is 5. The van der Waals surface area contributed by atoms with Gasteiger partial charge < -0.3 is 24.7 Å². The molecule has 0 amide bonds. The smallest absolute Gasteiger partial charge is 0.416 e. The fraction of sp³-hybridized carbons (Fsp3) is 0.258. The Kier molecular flexibility index (Phi) is 16.2. The Morgan fingerprint density at radius 1 is 0.964 bits per heavy atom. The second kappa shape index (κ2) is 19.2. The minimum absolute atomic E-state index is 0.00216. The van der Waals surface area contributed by atoms with Gasteiger partial charge in [-0.1, -0.05) is 23.2 Å². The van der Waals surface area contributed by atoms with Crippen molar-refractivity contribution >= 4 is 75.6 Å². The number of benzene rings is 3. The number of hydrogen-bond acceptors (Lipinski definition) is 12. The van der Waals surface area contributed by atoms with E-state index in [1.54, 1.807) is 0 Å². The number of rotatable bonds is 11. The maximum Gasteiger partial charge on any atom is 0.416 e. The third kappa shape index (κ3) is 14.4. The summed E-state index contributed by atoms with van der Waals surface area (Å²) in [5.41, 5.74) is -2.25. The molecule has 3 aromatic carbocycles. The lowest BCUT2D eigenvalue weighted by Gasteiger charge is -2.18. The molecular formula is C31H28Cl2F3N2O15PS. The van der Waals surface area contributed by atoms with Gasteiger partial charge in [-0.15, -0.1) is 0 Å². The first-order valence-electron chi connectivity index (χ1n) is 14.9. The quantitative estimate of drug-likeness (QED) is 0.0529. The average Bonchev–Trinajstić information content (AvgIpc) is 3.04. The molecule has 1 fully saturated rings. The summed E-state index contributed by atoms with van der Waals surface area (Å²) in [5.74, 6) is -5.75. The fourth-order valence-corrected chi connectivity index (χ4v) is 5.99. The van der Waals surface area contributed by atoms with Crippen molar-refractivity contribution in [2.24, 2.45) is 5.92 Å². The maximum atomic E-state index is 12.6. The molecule has 3 aromatic rings. The molecule has 0 aromatic heterocycles. The van der Waals surface area contributed by atoms with Crippen molar-refractivity contribution in [3.8, 4) is 11.5 Å². The number of Topliss-reactive ketones (excluding diaryl/α,β-unsaturated/α-hetero) is 3. The molecule has 0 saturated heterocycles. The molecule has 24 heteroatoms. The Hall–Kier alpha value is -4.76. The van der Waals surface area contributed by atoms with Crippen LogP contribution in [0, 0.1) is 16.0 Å². The number of sulfone groups is 1. The highest BCUT2D eigenvalue weighted by Crippen LogP contribution is 2.37. The van der Waals surface area contributed by atoms with Crippen molar-refractivity contribution < 1.29 is 79.8 Å². The zero-order valence-corrected chi connectivity index (χ0v) is 31.0. The lowest BCUT2D eigenvalue weighted by atomic mass is 9.82. The molecule has 0 unspecified atom stereocenters. The van der Waals surface area contributed by atoms with Gasteiger partial charge in [-0.25, -0.2) is 13.2 Å². The Bertz CT molecular complexity index is 2150. The molecule has 1 saturated carbocycles. The summed E-state index contributed by atoms with van der Waals surface area (Å²) in [6, 6.07) is 8.91. The van der Waals surface area contributed by atoms with E-state index >= 15 is 0 Å². The number of aromatic carboxylic acids is 1. The molecule has 17 nitrogen and oxygen atoms in total. The summed E-state index contributed by atoms with van der Waals surface area (Å²) < 4.78 is 75.8. The normalized spacial score (nSPS) is 13.5. The number of halogens is 5. The molecule has 0 heterocycles. The van der Waals surface area contributed by atoms with Gasteiger partial charge in [0.05, 0.1) is 38.3 Å². The van der Waals surface area contributed by atoms with Gasteiger partial charge in [0.1, 0.15) is 23.0 Å². The van der Waals surface area contributed by atoms with Crippen LogP contribution in [-0.2, 0) is 35.0 Å². The number of nitro benzene ring substituents is 1. The summed E-state index contributed by atoms with van der Waals surface area (Å²) in [4.78, 5) is 82.9. The second-order valence-electron chi connectivity index (χ2n) is 11.1. The van der Waals surface area contributed by atoms with E-state index < -0.39 is 93.4 Å². The van der Waals surface area contributed by atoms with Gasteiger partial charge in [0.15, 0.2) is 27.2 Å². The van der Waals surface area contributed by atoms with Crippen molar-refractivity contribution in [2.45, 2.75) is 30.3 Å². The molecular weight excluding hydrogens is 831 g/mol. The molecule has 0 spiro atoms. The first-order chi connectivity index (χ1) is 25.2. The third-order valence-electron chi connectivity index (χ3n) is 6.86. The molecule has 5 N–H and O–H groups in total. The topological polar surface area (TPSA) is 282 Å². The predicted octanol–water partition coefficient (Wildman–Crippen LogP) is 5.42. The number of ketones is 3. The number of alkyl halides is 3. The maximum absolute atomic E-state index is 12.6. The Labute approximate surface area is 318 Å². The van der Waals surface area contributed by atoms with Crippen LogP contribution >= 0.6 is 30.8 Å². The SMILES string of the molecule is CS(=O)(=O)c1ccc(C(=O)C2C(=O)CCCC2=O)c(Cl)c1.O=C(O)CNCP(=O)(O)O.O=C(O)c1cc(Oc2ccc(C(F)(F)F)cc2Cl)ccc1[N+](=O)[O-]. The second-order valence-corrected chi connectivity index (χ2v) is 15.6. The van der Waals surface area contributed by atoms with Crippen LogP contribution in [0.1, 0.15) is 45.5 Å². The molecule has 4 rings (SSSR count). The van der Waals surface area contributed by atoms with E-state index in [0.29, 0.717) is 12.5 Å². The van der Waals surface area contributed by atoms with Gasteiger partial charge in [0.25, 0.3) is 5.69 Å². The monoisotopic (exact) mass is 858 g/mol. The van der Waals surface area contributed by atoms with E-state index in [2.05, 4.69) is 5.32 Å². The van der Waals surface area contributed by atoms with Crippen LogP contribution in [0.15, 0.2) is 59.5 Å². The Balaban J connectivity index is 0.000000309. The fourth-order valence-electron chi connectivity index (χ4n) is 4.38. The zero-order valence-electron chi connectivity index (χ0n) is 27.8. The van der Waals surface area contributed by atoms with Crippen molar-refractivity contribution in [1.82, 2.24) is 5.32 Å². The molecule has 1 aliphatic rings.